The highest BCUT2D eigenvalue weighted by atomic mass is 35.5. The smallest absolute Gasteiger partial charge is 0.295 e. The Kier molecular flexibility index (Phi) is 3.25. The second kappa shape index (κ2) is 4.60. The molecule has 0 spiro atoms. The van der Waals surface area contributed by atoms with Crippen LogP contribution in [0.25, 0.3) is 5.69 Å². The molecule has 1 aromatic carbocycles. The molecule has 0 amide bonds. The van der Waals surface area contributed by atoms with Crippen LogP contribution in [0, 0.1) is 10.1 Å². The number of halogens is 1. The number of aromatic nitrogens is 3. The van der Waals surface area contributed by atoms with E-state index in [2.05, 4.69) is 10.3 Å². The summed E-state index contributed by atoms with van der Waals surface area (Å²) in [6.45, 7) is 3.54. The molecule has 100 valence electrons. The Balaban J connectivity index is 2.55. The quantitative estimate of drug-likeness (QED) is 0.685. The van der Waals surface area contributed by atoms with Crippen molar-refractivity contribution in [3.05, 3.63) is 45.2 Å². The molecule has 8 heteroatoms. The summed E-state index contributed by atoms with van der Waals surface area (Å²) in [4.78, 5) is 10.5. The van der Waals surface area contributed by atoms with Gasteiger partial charge in [-0.1, -0.05) is 16.8 Å². The van der Waals surface area contributed by atoms with Gasteiger partial charge >= 0.3 is 0 Å². The number of nitrogens with zero attached hydrogens (tertiary/aromatic N) is 4. The average Bonchev–Trinajstić information content (AvgIpc) is 2.77. The van der Waals surface area contributed by atoms with Crippen LogP contribution in [0.2, 0.25) is 5.02 Å². The molecule has 19 heavy (non-hydrogen) atoms. The van der Waals surface area contributed by atoms with Crippen molar-refractivity contribution in [3.63, 3.8) is 0 Å². The molecule has 0 unspecified atom stereocenters. The molecular weight excluding hydrogens is 270 g/mol. The first-order valence-electron chi connectivity index (χ1n) is 5.45. The standard InChI is InChI=1S/C11H12ClN5O2/c1-11(2,13)10-6-16(15-14-10)9-5-7(12)3-4-8(9)17(18)19/h3-6H,13H2,1-2H3. The lowest BCUT2D eigenvalue weighted by atomic mass is 10.0. The fraction of sp³-hybridized carbons (Fsp3) is 0.273. The Hall–Kier alpha value is -1.99. The van der Waals surface area contributed by atoms with Crippen LogP contribution in [-0.2, 0) is 5.54 Å². The number of benzene rings is 1. The molecule has 2 rings (SSSR count). The zero-order chi connectivity index (χ0) is 14.2. The van der Waals surface area contributed by atoms with Gasteiger partial charge in [-0.05, 0) is 26.0 Å². The maximum atomic E-state index is 11.0. The Bertz CT molecular complexity index is 632. The lowest BCUT2D eigenvalue weighted by Gasteiger charge is -2.13. The Morgan fingerprint density at radius 2 is 2.16 bits per heavy atom. The number of hydrogen-bond acceptors (Lipinski definition) is 5. The van der Waals surface area contributed by atoms with Crippen LogP contribution in [0.4, 0.5) is 5.69 Å². The monoisotopic (exact) mass is 281 g/mol. The van der Waals surface area contributed by atoms with Gasteiger partial charge in [0.25, 0.3) is 5.69 Å². The molecule has 0 aliphatic heterocycles. The molecule has 0 radical (unpaired) electrons. The zero-order valence-electron chi connectivity index (χ0n) is 10.4. The van der Waals surface area contributed by atoms with E-state index in [-0.39, 0.29) is 11.4 Å². The van der Waals surface area contributed by atoms with E-state index in [4.69, 9.17) is 17.3 Å². The Morgan fingerprint density at radius 3 is 2.68 bits per heavy atom. The first-order valence-corrected chi connectivity index (χ1v) is 5.83. The highest BCUT2D eigenvalue weighted by molar-refractivity contribution is 6.30. The van der Waals surface area contributed by atoms with Crippen molar-refractivity contribution < 1.29 is 4.92 Å². The summed E-state index contributed by atoms with van der Waals surface area (Å²) in [5, 5.41) is 19.1. The summed E-state index contributed by atoms with van der Waals surface area (Å²) in [5.74, 6) is 0. The molecule has 0 saturated carbocycles. The van der Waals surface area contributed by atoms with Gasteiger partial charge in [-0.15, -0.1) is 5.10 Å². The fourth-order valence-electron chi connectivity index (χ4n) is 1.51. The molecule has 1 aromatic heterocycles. The minimum absolute atomic E-state index is 0.101. The average molecular weight is 282 g/mol. The molecule has 0 bridgehead atoms. The van der Waals surface area contributed by atoms with Gasteiger partial charge in [0.1, 0.15) is 11.4 Å². The largest absolute Gasteiger partial charge is 0.320 e. The lowest BCUT2D eigenvalue weighted by Crippen LogP contribution is -2.29. The molecule has 0 aliphatic rings. The highest BCUT2D eigenvalue weighted by Gasteiger charge is 2.22. The third kappa shape index (κ3) is 2.72. The predicted molar refractivity (Wildman–Crippen MR) is 70.2 cm³/mol. The highest BCUT2D eigenvalue weighted by Crippen LogP contribution is 2.26. The van der Waals surface area contributed by atoms with Crippen molar-refractivity contribution in [2.24, 2.45) is 5.73 Å². The Morgan fingerprint density at radius 1 is 1.47 bits per heavy atom. The second-order valence-electron chi connectivity index (χ2n) is 4.66. The van der Waals surface area contributed by atoms with Gasteiger partial charge in [0.2, 0.25) is 0 Å². The van der Waals surface area contributed by atoms with Crippen molar-refractivity contribution in [3.8, 4) is 5.69 Å². The van der Waals surface area contributed by atoms with E-state index >= 15 is 0 Å². The minimum Gasteiger partial charge on any atom is -0.320 e. The minimum atomic E-state index is -0.675. The second-order valence-corrected chi connectivity index (χ2v) is 5.10. The summed E-state index contributed by atoms with van der Waals surface area (Å²) in [6, 6.07) is 4.24. The van der Waals surface area contributed by atoms with Crippen LogP contribution in [0.15, 0.2) is 24.4 Å². The lowest BCUT2D eigenvalue weighted by molar-refractivity contribution is -0.384. The number of hydrogen-bond donors (Lipinski definition) is 1. The van der Waals surface area contributed by atoms with Crippen molar-refractivity contribution >= 4 is 17.3 Å². The van der Waals surface area contributed by atoms with Gasteiger partial charge in [-0.3, -0.25) is 10.1 Å². The first kappa shape index (κ1) is 13.4. The van der Waals surface area contributed by atoms with Gasteiger partial charge in [-0.25, -0.2) is 4.68 Å². The number of nitro benzene ring substituents is 1. The molecule has 0 fully saturated rings. The molecule has 7 nitrogen and oxygen atoms in total. The van der Waals surface area contributed by atoms with Crippen LogP contribution >= 0.6 is 11.6 Å². The number of rotatable bonds is 3. The van der Waals surface area contributed by atoms with Crippen molar-refractivity contribution in [2.45, 2.75) is 19.4 Å². The van der Waals surface area contributed by atoms with Crippen LogP contribution < -0.4 is 5.73 Å². The molecule has 2 aromatic rings. The molecule has 0 atom stereocenters. The summed E-state index contributed by atoms with van der Waals surface area (Å²) in [5.41, 5.74) is 5.90. The molecular formula is C11H12ClN5O2. The van der Waals surface area contributed by atoms with E-state index in [0.29, 0.717) is 10.7 Å². The van der Waals surface area contributed by atoms with E-state index in [1.165, 1.54) is 22.9 Å². The van der Waals surface area contributed by atoms with Gasteiger partial charge in [0.05, 0.1) is 16.7 Å². The zero-order valence-corrected chi connectivity index (χ0v) is 11.1. The summed E-state index contributed by atoms with van der Waals surface area (Å²) in [7, 11) is 0. The molecule has 2 N–H and O–H groups in total. The number of nitrogens with two attached hydrogens (primary N) is 1. The summed E-state index contributed by atoms with van der Waals surface area (Å²) < 4.78 is 1.30. The van der Waals surface area contributed by atoms with E-state index in [9.17, 15) is 10.1 Å². The Labute approximate surface area is 114 Å². The molecule has 0 aliphatic carbocycles. The van der Waals surface area contributed by atoms with Crippen molar-refractivity contribution in [1.82, 2.24) is 15.0 Å². The molecule has 1 heterocycles. The maximum absolute atomic E-state index is 11.0. The van der Waals surface area contributed by atoms with Crippen LogP contribution in [0.1, 0.15) is 19.5 Å². The van der Waals surface area contributed by atoms with E-state index in [1.54, 1.807) is 20.0 Å². The third-order valence-electron chi connectivity index (χ3n) is 2.53. The summed E-state index contributed by atoms with van der Waals surface area (Å²) >= 11 is 5.86. The van der Waals surface area contributed by atoms with Crippen LogP contribution in [0.5, 0.6) is 0 Å². The molecule has 0 saturated heterocycles. The third-order valence-corrected chi connectivity index (χ3v) is 2.77. The van der Waals surface area contributed by atoms with Crippen molar-refractivity contribution in [1.29, 1.82) is 0 Å². The van der Waals surface area contributed by atoms with Crippen LogP contribution in [0.3, 0.4) is 0 Å². The van der Waals surface area contributed by atoms with E-state index in [1.807, 2.05) is 0 Å². The maximum Gasteiger partial charge on any atom is 0.295 e. The van der Waals surface area contributed by atoms with Gasteiger partial charge in [0, 0.05) is 11.1 Å². The SMILES string of the molecule is CC(C)(N)c1cn(-c2cc(Cl)ccc2[N+](=O)[O-])nn1. The van der Waals surface area contributed by atoms with Crippen molar-refractivity contribution in [2.75, 3.05) is 0 Å². The summed E-state index contributed by atoms with van der Waals surface area (Å²) in [6.07, 6.45) is 1.55. The first-order chi connectivity index (χ1) is 8.79. The van der Waals surface area contributed by atoms with E-state index < -0.39 is 10.5 Å². The topological polar surface area (TPSA) is 99.9 Å². The van der Waals surface area contributed by atoms with E-state index in [0.717, 1.165) is 0 Å². The van der Waals surface area contributed by atoms with Gasteiger partial charge in [0.15, 0.2) is 0 Å². The fourth-order valence-corrected chi connectivity index (χ4v) is 1.68. The normalized spacial score (nSPS) is 11.6. The predicted octanol–water partition coefficient (Wildman–Crippen LogP) is 2.02. The number of nitro groups is 1. The van der Waals surface area contributed by atoms with Crippen LogP contribution in [-0.4, -0.2) is 19.9 Å². The van der Waals surface area contributed by atoms with Gasteiger partial charge < -0.3 is 5.73 Å². The van der Waals surface area contributed by atoms with Gasteiger partial charge in [-0.2, -0.15) is 0 Å².